The number of halogens is 6. The quantitative estimate of drug-likeness (QED) is 0.103. The number of hydrogen-bond donors (Lipinski definition) is 1. The highest BCUT2D eigenvalue weighted by Gasteiger charge is 2.23. The second-order valence-electron chi connectivity index (χ2n) is 9.64. The number of rotatable bonds is 11. The number of nitrogens with zero attached hydrogens (tertiary/aromatic N) is 4. The largest absolute Gasteiger partial charge is 0.479 e. The van der Waals surface area contributed by atoms with E-state index in [0.717, 1.165) is 18.2 Å². The molecule has 254 valence electrons. The number of aromatic nitrogens is 3. The van der Waals surface area contributed by atoms with E-state index in [-0.39, 0.29) is 51.0 Å². The third kappa shape index (κ3) is 9.49. The molecule has 4 aromatic rings. The highest BCUT2D eigenvalue weighted by Crippen LogP contribution is 2.28. The van der Waals surface area contributed by atoms with Gasteiger partial charge in [-0.25, -0.2) is 22.9 Å². The van der Waals surface area contributed by atoms with Crippen LogP contribution in [0.25, 0.3) is 5.69 Å². The van der Waals surface area contributed by atoms with E-state index in [1.807, 2.05) is 6.07 Å². The van der Waals surface area contributed by atoms with Crippen molar-refractivity contribution < 1.29 is 46.5 Å². The van der Waals surface area contributed by atoms with E-state index in [1.54, 1.807) is 6.92 Å². The maximum absolute atomic E-state index is 14.2. The molecule has 0 fully saturated rings. The van der Waals surface area contributed by atoms with Crippen molar-refractivity contribution in [2.24, 2.45) is 0 Å². The predicted molar refractivity (Wildman–Crippen MR) is 164 cm³/mol. The number of benzene rings is 3. The number of aryl methyl sites for hydroxylation is 1. The van der Waals surface area contributed by atoms with Crippen LogP contribution in [0.5, 0.6) is 17.2 Å². The molecule has 11 nitrogen and oxygen atoms in total. The van der Waals surface area contributed by atoms with Gasteiger partial charge in [-0.3, -0.25) is 4.79 Å². The fourth-order valence-corrected chi connectivity index (χ4v) is 4.34. The lowest BCUT2D eigenvalue weighted by molar-refractivity contribution is -0.144. The molecular weight excluding hydrogens is 687 g/mol. The molecule has 0 amide bonds. The van der Waals surface area contributed by atoms with E-state index in [2.05, 4.69) is 5.10 Å². The Kier molecular flexibility index (Phi) is 13.0. The Balaban J connectivity index is 0.000000264. The van der Waals surface area contributed by atoms with Crippen LogP contribution in [0.3, 0.4) is 0 Å². The molecule has 0 bridgehead atoms. The van der Waals surface area contributed by atoms with Gasteiger partial charge in [-0.2, -0.15) is 18.7 Å². The molecule has 1 unspecified atom stereocenters. The molecule has 1 heterocycles. The molecule has 0 spiro atoms. The SMILES string of the molecule is CCOC(=O)C(Cl)Cc1cc(-n2nc(C)n(C(F)F)c2=O)c(F)cc1Cl.C[C@@H](Oc1ccc(Oc2ccc(C#N)cc2F)cc1)C(=O)O. The van der Waals surface area contributed by atoms with E-state index < -0.39 is 47.3 Å². The van der Waals surface area contributed by atoms with Crippen LogP contribution in [0.2, 0.25) is 5.02 Å². The molecule has 0 aliphatic carbocycles. The van der Waals surface area contributed by atoms with E-state index >= 15 is 0 Å². The first-order valence-electron chi connectivity index (χ1n) is 13.8. The number of carbonyl (C=O) groups excluding carboxylic acids is 1. The lowest BCUT2D eigenvalue weighted by Crippen LogP contribution is -2.25. The van der Waals surface area contributed by atoms with Crippen molar-refractivity contribution in [2.75, 3.05) is 6.61 Å². The summed E-state index contributed by atoms with van der Waals surface area (Å²) < 4.78 is 69.7. The van der Waals surface area contributed by atoms with Gasteiger partial charge in [0.25, 0.3) is 0 Å². The summed E-state index contributed by atoms with van der Waals surface area (Å²) in [5.74, 6) is -2.91. The molecule has 0 aliphatic heterocycles. The number of esters is 1. The van der Waals surface area contributed by atoms with Crippen LogP contribution in [-0.2, 0) is 20.7 Å². The van der Waals surface area contributed by atoms with E-state index in [4.69, 9.17) is 47.8 Å². The Morgan fingerprint density at radius 3 is 2.25 bits per heavy atom. The smallest absolute Gasteiger partial charge is 0.355 e. The number of hydrogen-bond acceptors (Lipinski definition) is 8. The fourth-order valence-electron chi connectivity index (χ4n) is 3.89. The average Bonchev–Trinajstić information content (AvgIpc) is 3.33. The normalized spacial score (nSPS) is 11.9. The topological polar surface area (TPSA) is 146 Å². The van der Waals surface area contributed by atoms with Gasteiger partial charge in [0.05, 0.1) is 18.2 Å². The Morgan fingerprint density at radius 2 is 1.71 bits per heavy atom. The first-order valence-corrected chi connectivity index (χ1v) is 14.6. The fraction of sp³-hybridized carbons (Fsp3) is 0.258. The standard InChI is InChI=1S/C16H12FNO4.C15H14Cl2F3N3O3/c1-10(16(19)20)21-12-3-5-13(6-4-12)22-15-7-2-11(9-18)8-14(15)17;1-3-26-13(24)10(17)4-8-5-12(11(18)6-9(8)16)23-15(25)22(14(19)20)7(2)21-23/h2-8,10H,1H3,(H,19,20);5-6,10,14H,3-4H2,1-2H3/t10-;/m1./s1. The maximum Gasteiger partial charge on any atom is 0.355 e. The third-order valence-corrected chi connectivity index (χ3v) is 6.92. The molecule has 1 aromatic heterocycles. The number of carbonyl (C=O) groups is 2. The van der Waals surface area contributed by atoms with Crippen LogP contribution in [0.1, 0.15) is 37.3 Å². The van der Waals surface area contributed by atoms with Gasteiger partial charge < -0.3 is 19.3 Å². The monoisotopic (exact) mass is 712 g/mol. The molecule has 0 saturated heterocycles. The Labute approximate surface area is 280 Å². The summed E-state index contributed by atoms with van der Waals surface area (Å²) in [6.07, 6.45) is -1.08. The van der Waals surface area contributed by atoms with Gasteiger partial charge >= 0.3 is 24.2 Å². The summed E-state index contributed by atoms with van der Waals surface area (Å²) in [4.78, 5) is 34.4. The summed E-state index contributed by atoms with van der Waals surface area (Å²) in [5, 5.41) is 19.9. The summed E-state index contributed by atoms with van der Waals surface area (Å²) >= 11 is 11.9. The van der Waals surface area contributed by atoms with Crippen molar-refractivity contribution in [3.8, 4) is 29.0 Å². The predicted octanol–water partition coefficient (Wildman–Crippen LogP) is 6.58. The van der Waals surface area contributed by atoms with E-state index in [9.17, 15) is 31.9 Å². The number of alkyl halides is 3. The Bertz CT molecular complexity index is 1880. The number of aliphatic carboxylic acids is 1. The zero-order chi connectivity index (χ0) is 35.7. The molecule has 1 N–H and O–H groups in total. The number of ether oxygens (including phenoxy) is 3. The first-order chi connectivity index (χ1) is 22.7. The van der Waals surface area contributed by atoms with E-state index in [1.165, 1.54) is 50.2 Å². The molecule has 4 rings (SSSR count). The molecule has 48 heavy (non-hydrogen) atoms. The van der Waals surface area contributed by atoms with Crippen LogP contribution >= 0.6 is 23.2 Å². The number of carboxylic acids is 1. The number of nitriles is 1. The maximum atomic E-state index is 14.2. The van der Waals surface area contributed by atoms with Crippen LogP contribution in [0, 0.1) is 29.9 Å². The summed E-state index contributed by atoms with van der Waals surface area (Å²) in [7, 11) is 0. The second kappa shape index (κ2) is 16.7. The van der Waals surface area contributed by atoms with Gasteiger partial charge in [-0.05, 0) is 80.9 Å². The lowest BCUT2D eigenvalue weighted by Gasteiger charge is -2.12. The molecular formula is C31H26Cl2F4N4O7. The van der Waals surface area contributed by atoms with Crippen molar-refractivity contribution in [1.82, 2.24) is 14.3 Å². The summed E-state index contributed by atoms with van der Waals surface area (Å²) in [5.41, 5.74) is -1.16. The zero-order valence-electron chi connectivity index (χ0n) is 25.3. The van der Waals surface area contributed by atoms with Crippen LogP contribution < -0.4 is 15.2 Å². The minimum atomic E-state index is -3.12. The van der Waals surface area contributed by atoms with Crippen molar-refractivity contribution in [2.45, 2.75) is 45.2 Å². The second-order valence-corrected chi connectivity index (χ2v) is 10.6. The summed E-state index contributed by atoms with van der Waals surface area (Å²) in [6.45, 7) is 1.22. The molecule has 17 heteroatoms. The average molecular weight is 713 g/mol. The Hall–Kier alpha value is -5.07. The van der Waals surface area contributed by atoms with Crippen LogP contribution in [0.15, 0.2) is 59.4 Å². The minimum Gasteiger partial charge on any atom is -0.479 e. The van der Waals surface area contributed by atoms with Crippen LogP contribution in [-0.4, -0.2) is 49.5 Å². The van der Waals surface area contributed by atoms with Crippen molar-refractivity contribution in [1.29, 1.82) is 5.26 Å². The highest BCUT2D eigenvalue weighted by atomic mass is 35.5. The molecule has 0 radical (unpaired) electrons. The lowest BCUT2D eigenvalue weighted by atomic mass is 10.1. The van der Waals surface area contributed by atoms with Crippen molar-refractivity contribution >= 4 is 35.1 Å². The van der Waals surface area contributed by atoms with Crippen molar-refractivity contribution in [3.05, 3.63) is 98.7 Å². The number of carboxylic acid groups (broad SMARTS) is 1. The van der Waals surface area contributed by atoms with Gasteiger partial charge in [0.1, 0.15) is 28.4 Å². The van der Waals surface area contributed by atoms with Gasteiger partial charge in [-0.15, -0.1) is 16.7 Å². The van der Waals surface area contributed by atoms with Gasteiger partial charge in [0.2, 0.25) is 0 Å². The van der Waals surface area contributed by atoms with Crippen molar-refractivity contribution in [3.63, 3.8) is 0 Å². The van der Waals surface area contributed by atoms with Gasteiger partial charge in [0, 0.05) is 11.4 Å². The first kappa shape index (κ1) is 37.4. The Morgan fingerprint density at radius 1 is 1.06 bits per heavy atom. The zero-order valence-corrected chi connectivity index (χ0v) is 26.8. The molecule has 0 saturated carbocycles. The third-order valence-electron chi connectivity index (χ3n) is 6.23. The molecule has 3 aromatic carbocycles. The van der Waals surface area contributed by atoms with Gasteiger partial charge in [-0.1, -0.05) is 11.6 Å². The highest BCUT2D eigenvalue weighted by molar-refractivity contribution is 6.32. The molecule has 2 atom stereocenters. The minimum absolute atomic E-state index is 0.00780. The van der Waals surface area contributed by atoms with Crippen LogP contribution in [0.4, 0.5) is 17.6 Å². The molecule has 0 aliphatic rings. The van der Waals surface area contributed by atoms with E-state index in [0.29, 0.717) is 16.2 Å². The summed E-state index contributed by atoms with van der Waals surface area (Å²) in [6, 6.07) is 13.9. The van der Waals surface area contributed by atoms with Gasteiger partial charge in [0.15, 0.2) is 23.5 Å².